The average molecular weight is 571 g/mol. The number of hydrogen-bond donors (Lipinski definition) is 0. The van der Waals surface area contributed by atoms with Crippen molar-refractivity contribution in [3.05, 3.63) is 96.1 Å². The summed E-state index contributed by atoms with van der Waals surface area (Å²) in [5, 5.41) is 0. The first-order valence-electron chi connectivity index (χ1n) is 13.7. The number of methoxy groups -OCH3 is 1. The molecule has 1 saturated heterocycles. The Balaban J connectivity index is 1.71. The number of amides is 2. The summed E-state index contributed by atoms with van der Waals surface area (Å²) in [6.45, 7) is 4.13. The largest absolute Gasteiger partial charge is 0.497 e. The lowest BCUT2D eigenvalue weighted by Gasteiger charge is -2.49. The topological polar surface area (TPSA) is 94.6 Å². The van der Waals surface area contributed by atoms with Crippen molar-refractivity contribution in [1.82, 2.24) is 4.90 Å². The molecule has 0 radical (unpaired) electrons. The third-order valence-corrected chi connectivity index (χ3v) is 8.19. The van der Waals surface area contributed by atoms with E-state index in [4.69, 9.17) is 18.9 Å². The van der Waals surface area contributed by atoms with Crippen molar-refractivity contribution in [2.75, 3.05) is 39.8 Å². The Morgan fingerprint density at radius 1 is 1.05 bits per heavy atom. The summed E-state index contributed by atoms with van der Waals surface area (Å²) in [5.74, 6) is 0.709. The first kappa shape index (κ1) is 28.7. The maximum atomic E-state index is 14.6. The smallest absolute Gasteiger partial charge is 0.414 e. The second kappa shape index (κ2) is 11.2. The molecule has 3 aromatic rings. The number of nitrogens with zero attached hydrogens (tertiary/aromatic N) is 2. The molecule has 9 nitrogen and oxygen atoms in total. The molecule has 0 aromatic heterocycles. The molecule has 2 aliphatic rings. The predicted octanol–water partition coefficient (Wildman–Crippen LogP) is 5.01. The molecule has 5 rings (SSSR count). The van der Waals surface area contributed by atoms with Crippen LogP contribution in [-0.2, 0) is 31.8 Å². The Hall–Kier alpha value is -4.79. The van der Waals surface area contributed by atoms with E-state index in [9.17, 15) is 14.4 Å². The monoisotopic (exact) mass is 570 g/mol. The number of ether oxygens (including phenoxy) is 4. The first-order valence-corrected chi connectivity index (χ1v) is 13.7. The van der Waals surface area contributed by atoms with E-state index in [1.165, 1.54) is 9.80 Å². The van der Waals surface area contributed by atoms with Gasteiger partial charge in [0, 0.05) is 33.1 Å². The molecule has 0 unspecified atom stereocenters. The minimum Gasteiger partial charge on any atom is -0.497 e. The zero-order valence-corrected chi connectivity index (χ0v) is 24.2. The second-order valence-corrected chi connectivity index (χ2v) is 10.6. The number of cyclic esters (lactones) is 1. The number of carbonyl (C=O) groups is 3. The van der Waals surface area contributed by atoms with Crippen molar-refractivity contribution in [1.29, 1.82) is 0 Å². The Labute approximate surface area is 245 Å². The Bertz CT molecular complexity index is 1530. The van der Waals surface area contributed by atoms with E-state index in [2.05, 4.69) is 6.58 Å². The van der Waals surface area contributed by atoms with Gasteiger partial charge in [-0.25, -0.2) is 4.79 Å². The van der Waals surface area contributed by atoms with Crippen LogP contribution in [0.1, 0.15) is 29.5 Å². The summed E-state index contributed by atoms with van der Waals surface area (Å²) >= 11 is 0. The van der Waals surface area contributed by atoms with Crippen LogP contribution in [0, 0.1) is 0 Å². The van der Waals surface area contributed by atoms with Gasteiger partial charge in [-0.05, 0) is 53.9 Å². The van der Waals surface area contributed by atoms with Gasteiger partial charge < -0.3 is 28.7 Å². The SMILES string of the molecule is C=CC[C@]1(c2ccccc2COc2ccc(OC)cc2)C(=O)OCC[C@]12C(=O)N(C)c1cccc(OC(=O)N(C)C)c12. The van der Waals surface area contributed by atoms with Gasteiger partial charge in [-0.15, -0.1) is 6.58 Å². The van der Waals surface area contributed by atoms with Crippen LogP contribution in [0.15, 0.2) is 79.4 Å². The molecule has 2 atom stereocenters. The van der Waals surface area contributed by atoms with Gasteiger partial charge in [0.2, 0.25) is 5.91 Å². The third-order valence-electron chi connectivity index (χ3n) is 8.19. The van der Waals surface area contributed by atoms with Gasteiger partial charge in [0.1, 0.15) is 34.7 Å². The summed E-state index contributed by atoms with van der Waals surface area (Å²) in [5.41, 5.74) is -0.618. The van der Waals surface area contributed by atoms with Crippen molar-refractivity contribution in [3.8, 4) is 17.2 Å². The van der Waals surface area contributed by atoms with Crippen LogP contribution in [-0.4, -0.2) is 57.7 Å². The second-order valence-electron chi connectivity index (χ2n) is 10.6. The molecule has 1 fully saturated rings. The van der Waals surface area contributed by atoms with Gasteiger partial charge in [0.25, 0.3) is 0 Å². The standard InChI is InChI=1S/C33H34N2O7/c1-6-18-32(25-11-8-7-10-22(25)21-41-24-16-14-23(39-5)15-17-24)30(37)40-20-19-33(32)28-26(35(4)29(33)36)12-9-13-27(28)42-31(38)34(2)3/h6-17H,1,18-21H2,2-5H3/t32-,33-/m0/s1. The maximum Gasteiger partial charge on any atom is 0.414 e. The molecular weight excluding hydrogens is 536 g/mol. The molecule has 42 heavy (non-hydrogen) atoms. The maximum absolute atomic E-state index is 14.6. The van der Waals surface area contributed by atoms with E-state index >= 15 is 0 Å². The predicted molar refractivity (Wildman–Crippen MR) is 157 cm³/mol. The lowest BCUT2D eigenvalue weighted by Crippen LogP contribution is -2.63. The number of esters is 1. The number of carbonyl (C=O) groups excluding carboxylic acids is 3. The lowest BCUT2D eigenvalue weighted by molar-refractivity contribution is -0.165. The van der Waals surface area contributed by atoms with Crippen molar-refractivity contribution < 1.29 is 33.3 Å². The van der Waals surface area contributed by atoms with E-state index in [0.29, 0.717) is 33.9 Å². The van der Waals surface area contributed by atoms with Crippen LogP contribution in [0.3, 0.4) is 0 Å². The minimum atomic E-state index is -1.52. The Morgan fingerprint density at radius 2 is 1.76 bits per heavy atom. The number of fused-ring (bicyclic) bond motifs is 2. The number of hydrogen-bond acceptors (Lipinski definition) is 7. The molecule has 1 spiro atoms. The highest BCUT2D eigenvalue weighted by Crippen LogP contribution is 2.61. The van der Waals surface area contributed by atoms with Crippen LogP contribution in [0.2, 0.25) is 0 Å². The van der Waals surface area contributed by atoms with Crippen molar-refractivity contribution in [2.45, 2.75) is 30.3 Å². The summed E-state index contributed by atoms with van der Waals surface area (Å²) in [6, 6.07) is 19.8. The van der Waals surface area contributed by atoms with Crippen molar-refractivity contribution in [2.24, 2.45) is 0 Å². The van der Waals surface area contributed by atoms with Crippen LogP contribution < -0.4 is 19.1 Å². The number of anilines is 1. The Morgan fingerprint density at radius 3 is 2.45 bits per heavy atom. The molecule has 9 heteroatoms. The molecule has 0 bridgehead atoms. The van der Waals surface area contributed by atoms with Gasteiger partial charge in [0.05, 0.1) is 19.4 Å². The van der Waals surface area contributed by atoms with Gasteiger partial charge in [0.15, 0.2) is 0 Å². The molecular formula is C33H34N2O7. The van der Waals surface area contributed by atoms with E-state index in [0.717, 1.165) is 0 Å². The number of rotatable bonds is 8. The zero-order chi connectivity index (χ0) is 30.1. The minimum absolute atomic E-state index is 0.0250. The quantitative estimate of drug-likeness (QED) is 0.278. The molecule has 218 valence electrons. The van der Waals surface area contributed by atoms with Gasteiger partial charge >= 0.3 is 12.1 Å². The fraction of sp³-hybridized carbons (Fsp3) is 0.303. The number of benzene rings is 3. The fourth-order valence-corrected chi connectivity index (χ4v) is 6.26. The lowest BCUT2D eigenvalue weighted by atomic mass is 9.52. The van der Waals surface area contributed by atoms with Gasteiger partial charge in [-0.2, -0.15) is 0 Å². The zero-order valence-electron chi connectivity index (χ0n) is 24.2. The first-order chi connectivity index (χ1) is 20.2. The summed E-state index contributed by atoms with van der Waals surface area (Å²) in [7, 11) is 6.43. The third kappa shape index (κ3) is 4.36. The highest BCUT2D eigenvalue weighted by atomic mass is 16.6. The van der Waals surface area contributed by atoms with E-state index in [-0.39, 0.29) is 37.7 Å². The Kier molecular flexibility index (Phi) is 7.69. The van der Waals surface area contributed by atoms with Crippen LogP contribution >= 0.6 is 0 Å². The fourth-order valence-electron chi connectivity index (χ4n) is 6.26. The summed E-state index contributed by atoms with van der Waals surface area (Å²) in [6.07, 6.45) is 1.32. The molecule has 0 aliphatic carbocycles. The van der Waals surface area contributed by atoms with Crippen molar-refractivity contribution in [3.63, 3.8) is 0 Å². The average Bonchev–Trinajstić information content (AvgIpc) is 3.21. The van der Waals surface area contributed by atoms with Gasteiger partial charge in [-0.1, -0.05) is 36.4 Å². The van der Waals surface area contributed by atoms with E-state index < -0.39 is 22.9 Å². The molecule has 2 aliphatic heterocycles. The molecule has 3 aromatic carbocycles. The van der Waals surface area contributed by atoms with Crippen LogP contribution in [0.25, 0.3) is 0 Å². The molecule has 2 heterocycles. The highest BCUT2D eigenvalue weighted by molar-refractivity contribution is 6.14. The van der Waals surface area contributed by atoms with E-state index in [1.807, 2.05) is 24.3 Å². The van der Waals surface area contributed by atoms with E-state index in [1.54, 1.807) is 76.8 Å². The van der Waals surface area contributed by atoms with Gasteiger partial charge in [-0.3, -0.25) is 9.59 Å². The normalized spacial score (nSPS) is 21.0. The number of allylic oxidation sites excluding steroid dienone is 1. The van der Waals surface area contributed by atoms with Crippen LogP contribution in [0.4, 0.5) is 10.5 Å². The number of likely N-dealkylation sites (N-methyl/N-ethyl adjacent to an activating group) is 1. The molecule has 0 N–H and O–H groups in total. The molecule has 2 amide bonds. The molecule has 0 saturated carbocycles. The highest BCUT2D eigenvalue weighted by Gasteiger charge is 2.70. The van der Waals surface area contributed by atoms with Crippen LogP contribution in [0.5, 0.6) is 17.2 Å². The van der Waals surface area contributed by atoms with Crippen molar-refractivity contribution >= 4 is 23.7 Å². The summed E-state index contributed by atoms with van der Waals surface area (Å²) < 4.78 is 23.0. The summed E-state index contributed by atoms with van der Waals surface area (Å²) in [4.78, 5) is 44.4.